The molecule has 0 heterocycles. The van der Waals surface area contributed by atoms with Crippen molar-refractivity contribution in [3.63, 3.8) is 0 Å². The number of amides is 1. The molecule has 0 aliphatic rings. The van der Waals surface area contributed by atoms with Crippen molar-refractivity contribution in [2.45, 2.75) is 45.6 Å². The lowest BCUT2D eigenvalue weighted by atomic mass is 9.97. The second-order valence-corrected chi connectivity index (χ2v) is 10.5. The molecule has 1 amide bonds. The van der Waals surface area contributed by atoms with E-state index in [0.29, 0.717) is 5.56 Å². The number of benzene rings is 2. The minimum atomic E-state index is -4.17. The van der Waals surface area contributed by atoms with E-state index >= 15 is 0 Å². The number of anilines is 1. The Morgan fingerprint density at radius 3 is 2.27 bits per heavy atom. The zero-order chi connectivity index (χ0) is 25.1. The Balaban J connectivity index is 2.35. The molecule has 0 fully saturated rings. The van der Waals surface area contributed by atoms with Crippen LogP contribution in [0, 0.1) is 12.3 Å². The number of aliphatic carboxylic acids is 1. The van der Waals surface area contributed by atoms with Gasteiger partial charge < -0.3 is 15.2 Å². The first-order chi connectivity index (χ1) is 15.1. The fraction of sp³-hybridized carbons (Fsp3) is 0.318. The Hall–Kier alpha value is -3.11. The van der Waals surface area contributed by atoms with Gasteiger partial charge in [-0.3, -0.25) is 19.1 Å². The third-order valence-electron chi connectivity index (χ3n) is 4.46. The molecule has 33 heavy (non-hydrogen) atoms. The smallest absolute Gasteiger partial charge is 0.325 e. The molecule has 0 aromatic heterocycles. The largest absolute Gasteiger partial charge is 0.480 e. The highest BCUT2D eigenvalue weighted by molar-refractivity contribution is 7.92. The molecule has 0 spiro atoms. The van der Waals surface area contributed by atoms with Crippen LogP contribution in [0.5, 0.6) is 5.75 Å². The molecule has 0 radical (unpaired) electrons. The number of rotatable bonds is 7. The molecule has 178 valence electrons. The molecule has 0 saturated carbocycles. The van der Waals surface area contributed by atoms with E-state index in [0.717, 1.165) is 0 Å². The van der Waals surface area contributed by atoms with E-state index in [-0.39, 0.29) is 26.9 Å². The lowest BCUT2D eigenvalue weighted by Crippen LogP contribution is -2.38. The number of aryl methyl sites for hydroxylation is 1. The number of hydrogen-bond donors (Lipinski definition) is 3. The third-order valence-corrected chi connectivity index (χ3v) is 6.06. The van der Waals surface area contributed by atoms with Crippen LogP contribution in [0.3, 0.4) is 0 Å². The van der Waals surface area contributed by atoms with Crippen molar-refractivity contribution >= 4 is 45.2 Å². The van der Waals surface area contributed by atoms with Crippen molar-refractivity contribution in [3.05, 3.63) is 52.5 Å². The first-order valence-corrected chi connectivity index (χ1v) is 11.7. The molecule has 9 nitrogen and oxygen atoms in total. The van der Waals surface area contributed by atoms with Gasteiger partial charge in [0.25, 0.3) is 15.9 Å². The number of sulfonamides is 1. The van der Waals surface area contributed by atoms with E-state index in [2.05, 4.69) is 10.0 Å². The molecule has 1 atom stereocenters. The van der Waals surface area contributed by atoms with E-state index in [9.17, 15) is 22.8 Å². The molecular formula is C22H25ClN2O7S. The molecule has 2 aromatic rings. The molecule has 1 unspecified atom stereocenters. The van der Waals surface area contributed by atoms with E-state index in [1.807, 2.05) is 0 Å². The van der Waals surface area contributed by atoms with Crippen molar-refractivity contribution in [2.75, 3.05) is 4.72 Å². The number of ether oxygens (including phenoxy) is 1. The number of carbonyl (C=O) groups is 3. The van der Waals surface area contributed by atoms with E-state index < -0.39 is 39.3 Å². The van der Waals surface area contributed by atoms with Crippen molar-refractivity contribution in [1.29, 1.82) is 0 Å². The standard InChI is InChI=1S/C22H25ClN2O7S/c1-12-10-15(7-9-18(12)32-21(29)22(3,4)5)33(30,31)25-17-11-14(23)6-8-16(17)19(26)24-13(2)20(27)28/h6-11,13,25H,1-5H3,(H,24,26)(H,27,28). The summed E-state index contributed by atoms with van der Waals surface area (Å²) in [7, 11) is -4.17. The van der Waals surface area contributed by atoms with Crippen LogP contribution in [0.2, 0.25) is 5.02 Å². The van der Waals surface area contributed by atoms with Gasteiger partial charge in [0.05, 0.1) is 21.6 Å². The van der Waals surface area contributed by atoms with Crippen LogP contribution in [0.4, 0.5) is 5.69 Å². The molecule has 0 aliphatic heterocycles. The number of esters is 1. The van der Waals surface area contributed by atoms with Crippen LogP contribution in [-0.4, -0.2) is 37.4 Å². The van der Waals surface area contributed by atoms with Crippen LogP contribution in [0.25, 0.3) is 0 Å². The Labute approximate surface area is 197 Å². The van der Waals surface area contributed by atoms with Crippen molar-refractivity contribution in [3.8, 4) is 5.75 Å². The number of carboxylic acids is 1. The zero-order valence-electron chi connectivity index (χ0n) is 18.7. The summed E-state index contributed by atoms with van der Waals surface area (Å²) in [6, 6.07) is 6.66. The fourth-order valence-corrected chi connectivity index (χ4v) is 3.82. The highest BCUT2D eigenvalue weighted by Gasteiger charge is 2.26. The highest BCUT2D eigenvalue weighted by Crippen LogP contribution is 2.28. The normalized spacial score (nSPS) is 12.5. The van der Waals surface area contributed by atoms with Crippen LogP contribution >= 0.6 is 11.6 Å². The van der Waals surface area contributed by atoms with E-state index in [1.54, 1.807) is 27.7 Å². The minimum Gasteiger partial charge on any atom is -0.480 e. The number of nitrogens with one attached hydrogen (secondary N) is 2. The van der Waals surface area contributed by atoms with Gasteiger partial charge in [0.15, 0.2) is 0 Å². The molecule has 0 saturated heterocycles. The van der Waals surface area contributed by atoms with Crippen molar-refractivity contribution in [1.82, 2.24) is 5.32 Å². The van der Waals surface area contributed by atoms with Crippen molar-refractivity contribution < 1.29 is 32.6 Å². The van der Waals surface area contributed by atoms with E-state index in [1.165, 1.54) is 43.3 Å². The molecule has 2 rings (SSSR count). The zero-order valence-corrected chi connectivity index (χ0v) is 20.3. The van der Waals surface area contributed by atoms with Crippen LogP contribution in [0.1, 0.15) is 43.6 Å². The van der Waals surface area contributed by atoms with Crippen LogP contribution in [-0.2, 0) is 19.6 Å². The molecule has 2 aromatic carbocycles. The van der Waals surface area contributed by atoms with Gasteiger partial charge >= 0.3 is 11.9 Å². The Kier molecular flexibility index (Phi) is 7.76. The number of hydrogen-bond acceptors (Lipinski definition) is 6. The average Bonchev–Trinajstić information content (AvgIpc) is 2.68. The lowest BCUT2D eigenvalue weighted by molar-refractivity contribution is -0.143. The lowest BCUT2D eigenvalue weighted by Gasteiger charge is -2.18. The van der Waals surface area contributed by atoms with Gasteiger partial charge in [0, 0.05) is 5.02 Å². The summed E-state index contributed by atoms with van der Waals surface area (Å²) in [5.41, 5.74) is -0.558. The maximum absolute atomic E-state index is 13.0. The predicted octanol–water partition coefficient (Wildman–Crippen LogP) is 3.60. The predicted molar refractivity (Wildman–Crippen MR) is 123 cm³/mol. The van der Waals surface area contributed by atoms with Gasteiger partial charge in [-0.15, -0.1) is 0 Å². The summed E-state index contributed by atoms with van der Waals surface area (Å²) in [4.78, 5) is 35.5. The maximum Gasteiger partial charge on any atom is 0.325 e. The first kappa shape index (κ1) is 26.1. The number of carbonyl (C=O) groups excluding carboxylic acids is 2. The Bertz CT molecular complexity index is 1200. The molecule has 3 N–H and O–H groups in total. The van der Waals surface area contributed by atoms with Gasteiger partial charge in [0.1, 0.15) is 11.8 Å². The quantitative estimate of drug-likeness (QED) is 0.393. The second kappa shape index (κ2) is 9.80. The second-order valence-electron chi connectivity index (χ2n) is 8.40. The highest BCUT2D eigenvalue weighted by atomic mass is 35.5. The summed E-state index contributed by atoms with van der Waals surface area (Å²) in [6.07, 6.45) is 0. The van der Waals surface area contributed by atoms with Crippen molar-refractivity contribution in [2.24, 2.45) is 5.41 Å². The van der Waals surface area contributed by atoms with Gasteiger partial charge in [-0.2, -0.15) is 0 Å². The number of carboxylic acid groups (broad SMARTS) is 1. The van der Waals surface area contributed by atoms with Gasteiger partial charge in [-0.1, -0.05) is 11.6 Å². The SMILES string of the molecule is Cc1cc(S(=O)(=O)Nc2cc(Cl)ccc2C(=O)NC(C)C(=O)O)ccc1OC(=O)C(C)(C)C. The summed E-state index contributed by atoms with van der Waals surface area (Å²) >= 11 is 5.97. The molecular weight excluding hydrogens is 472 g/mol. The van der Waals surface area contributed by atoms with Crippen LogP contribution < -0.4 is 14.8 Å². The Morgan fingerprint density at radius 1 is 1.09 bits per heavy atom. The average molecular weight is 497 g/mol. The fourth-order valence-electron chi connectivity index (χ4n) is 2.50. The summed E-state index contributed by atoms with van der Waals surface area (Å²) < 4.78 is 33.6. The summed E-state index contributed by atoms with van der Waals surface area (Å²) in [6.45, 7) is 7.96. The topological polar surface area (TPSA) is 139 Å². The first-order valence-electron chi connectivity index (χ1n) is 9.81. The van der Waals surface area contributed by atoms with E-state index in [4.69, 9.17) is 21.4 Å². The monoisotopic (exact) mass is 496 g/mol. The molecule has 0 bridgehead atoms. The summed E-state index contributed by atoms with van der Waals surface area (Å²) in [5, 5.41) is 11.4. The maximum atomic E-state index is 13.0. The van der Waals surface area contributed by atoms with Gasteiger partial charge in [-0.25, -0.2) is 8.42 Å². The minimum absolute atomic E-state index is 0.108. The van der Waals surface area contributed by atoms with Gasteiger partial charge in [0.2, 0.25) is 0 Å². The number of halogens is 1. The van der Waals surface area contributed by atoms with Gasteiger partial charge in [-0.05, 0) is 76.6 Å². The Morgan fingerprint density at radius 2 is 1.73 bits per heavy atom. The third kappa shape index (κ3) is 6.69. The summed E-state index contributed by atoms with van der Waals surface area (Å²) in [5.74, 6) is -2.29. The molecule has 11 heteroatoms. The molecule has 0 aliphatic carbocycles. The van der Waals surface area contributed by atoms with Crippen LogP contribution in [0.15, 0.2) is 41.3 Å².